The Kier molecular flexibility index (Phi) is 5.65. The van der Waals surface area contributed by atoms with E-state index in [-0.39, 0.29) is 12.1 Å². The molecule has 1 N–H and O–H groups in total. The van der Waals surface area contributed by atoms with Crippen LogP contribution >= 0.6 is 11.8 Å². The number of fused-ring (bicyclic) bond motifs is 2. The molecule has 3 amide bonds. The predicted octanol–water partition coefficient (Wildman–Crippen LogP) is 4.95. The van der Waals surface area contributed by atoms with E-state index < -0.39 is 28.4 Å². The van der Waals surface area contributed by atoms with E-state index in [0.717, 1.165) is 12.1 Å². The maximum Gasteiger partial charge on any atom is 0.323 e. The number of anilines is 2. The smallest absolute Gasteiger partial charge is 0.323 e. The molecule has 0 aromatic heterocycles. The summed E-state index contributed by atoms with van der Waals surface area (Å²) in [6.07, 6.45) is 0. The molecule has 2 aliphatic rings. The molecule has 1 fully saturated rings. The van der Waals surface area contributed by atoms with Gasteiger partial charge in [-0.1, -0.05) is 24.3 Å². The van der Waals surface area contributed by atoms with Crippen molar-refractivity contribution in [2.24, 2.45) is 0 Å². The number of ether oxygens (including phenoxy) is 1. The second-order valence-electron chi connectivity index (χ2n) is 7.91. The first-order chi connectivity index (χ1) is 16.5. The molecule has 0 aliphatic carbocycles. The lowest BCUT2D eigenvalue weighted by molar-refractivity contribution is -0.123. The Balaban J connectivity index is 1.58. The number of thioether (sulfide) groups is 1. The van der Waals surface area contributed by atoms with E-state index in [9.17, 15) is 18.4 Å². The average molecular weight is 482 g/mol. The first kappa shape index (κ1) is 22.2. The van der Waals surface area contributed by atoms with Gasteiger partial charge in [0.2, 0.25) is 0 Å². The van der Waals surface area contributed by atoms with E-state index in [1.807, 2.05) is 6.07 Å². The van der Waals surface area contributed by atoms with Crippen LogP contribution in [0.5, 0.6) is 5.75 Å². The number of hydrogen-bond donors (Lipinski definition) is 1. The van der Waals surface area contributed by atoms with Crippen LogP contribution in [0.1, 0.15) is 11.1 Å². The van der Waals surface area contributed by atoms with Gasteiger partial charge in [-0.3, -0.25) is 9.69 Å². The van der Waals surface area contributed by atoms with Gasteiger partial charge < -0.3 is 15.0 Å². The van der Waals surface area contributed by atoms with Crippen molar-refractivity contribution in [3.63, 3.8) is 0 Å². The number of carbonyl (C=O) groups is 2. The van der Waals surface area contributed by atoms with Crippen LogP contribution in [-0.4, -0.2) is 36.2 Å². The van der Waals surface area contributed by atoms with Gasteiger partial charge in [0, 0.05) is 29.1 Å². The molecule has 6 nitrogen and oxygen atoms in total. The Morgan fingerprint density at radius 1 is 1.09 bits per heavy atom. The Hall–Kier alpha value is -3.59. The number of amides is 3. The van der Waals surface area contributed by atoms with E-state index in [2.05, 4.69) is 5.32 Å². The average Bonchev–Trinajstić information content (AvgIpc) is 3.38. The molecule has 3 aromatic rings. The number of nitrogens with zero attached hydrogens (tertiary/aromatic N) is 2. The van der Waals surface area contributed by atoms with Gasteiger partial charge in [-0.15, -0.1) is 11.8 Å². The quantitative estimate of drug-likeness (QED) is 0.573. The zero-order chi connectivity index (χ0) is 23.9. The lowest BCUT2D eigenvalue weighted by Gasteiger charge is -2.33. The number of methoxy groups -OCH3 is 1. The molecule has 34 heavy (non-hydrogen) atoms. The molecule has 174 valence electrons. The number of nitrogens with one attached hydrogen (secondary N) is 1. The molecule has 2 aliphatic heterocycles. The molecule has 5 rings (SSSR count). The fourth-order valence-electron chi connectivity index (χ4n) is 4.43. The number of hydrogen-bond acceptors (Lipinski definition) is 4. The van der Waals surface area contributed by atoms with Gasteiger partial charge >= 0.3 is 6.03 Å². The number of urea groups is 1. The van der Waals surface area contributed by atoms with Crippen molar-refractivity contribution < 1.29 is 23.1 Å². The van der Waals surface area contributed by atoms with Crippen molar-refractivity contribution in [3.05, 3.63) is 89.5 Å². The summed E-state index contributed by atoms with van der Waals surface area (Å²) < 4.78 is 34.3. The summed E-state index contributed by atoms with van der Waals surface area (Å²) in [6.45, 7) is 0.0285. The van der Waals surface area contributed by atoms with Crippen molar-refractivity contribution in [1.82, 2.24) is 4.90 Å². The van der Waals surface area contributed by atoms with Gasteiger partial charge in [-0.2, -0.15) is 0 Å². The minimum absolute atomic E-state index is 0.210. The molecule has 9 heteroatoms. The SMILES string of the molecule is COc1ccc2c(c1)C1(SCCN1C(=O)Nc1ccccc1)C(=O)N2Cc1c(F)cccc1F. The normalized spacial score (nSPS) is 19.0. The van der Waals surface area contributed by atoms with Gasteiger partial charge in [0.1, 0.15) is 17.4 Å². The van der Waals surface area contributed by atoms with Crippen molar-refractivity contribution in [2.45, 2.75) is 11.4 Å². The van der Waals surface area contributed by atoms with Crippen molar-refractivity contribution >= 4 is 35.1 Å². The number of carbonyl (C=O) groups excluding carboxylic acids is 2. The number of rotatable bonds is 4. The molecule has 1 unspecified atom stereocenters. The second kappa shape index (κ2) is 8.64. The highest BCUT2D eigenvalue weighted by molar-refractivity contribution is 8.01. The largest absolute Gasteiger partial charge is 0.497 e. The van der Waals surface area contributed by atoms with Gasteiger partial charge in [-0.05, 0) is 42.5 Å². The maximum absolute atomic E-state index is 14.5. The van der Waals surface area contributed by atoms with Crippen LogP contribution < -0.4 is 15.0 Å². The van der Waals surface area contributed by atoms with Crippen LogP contribution in [0.15, 0.2) is 66.7 Å². The Bertz CT molecular complexity index is 1250. The van der Waals surface area contributed by atoms with Crippen LogP contribution in [0.2, 0.25) is 0 Å². The standard InChI is InChI=1S/C25H21F2N3O3S/c1-33-17-10-11-22-19(14-17)25(23(31)29(22)15-18-20(26)8-5-9-21(18)27)30(12-13-34-25)24(32)28-16-6-3-2-4-7-16/h2-11,14H,12-13,15H2,1H3,(H,28,32). The molecule has 0 bridgehead atoms. The molecule has 1 atom stereocenters. The predicted molar refractivity (Wildman–Crippen MR) is 127 cm³/mol. The summed E-state index contributed by atoms with van der Waals surface area (Å²) in [5, 5.41) is 2.85. The van der Waals surface area contributed by atoms with Gasteiger partial charge in [0.25, 0.3) is 5.91 Å². The third kappa shape index (κ3) is 3.47. The minimum atomic E-state index is -1.37. The van der Waals surface area contributed by atoms with Gasteiger partial charge in [0.15, 0.2) is 4.87 Å². The lowest BCUT2D eigenvalue weighted by Crippen LogP contribution is -2.51. The van der Waals surface area contributed by atoms with E-state index in [0.29, 0.717) is 35.0 Å². The molecule has 0 saturated carbocycles. The maximum atomic E-state index is 14.5. The second-order valence-corrected chi connectivity index (χ2v) is 9.20. The van der Waals surface area contributed by atoms with Gasteiger partial charge in [0.05, 0.1) is 19.3 Å². The third-order valence-corrected chi connectivity index (χ3v) is 7.47. The Morgan fingerprint density at radius 2 is 1.82 bits per heavy atom. The molecule has 2 heterocycles. The molecule has 1 saturated heterocycles. The summed E-state index contributed by atoms with van der Waals surface area (Å²) in [4.78, 5) is 28.8. The van der Waals surface area contributed by atoms with Crippen LogP contribution in [-0.2, 0) is 16.2 Å². The number of benzene rings is 3. The molecule has 3 aromatic carbocycles. The summed E-state index contributed by atoms with van der Waals surface area (Å²) in [7, 11) is 1.51. The first-order valence-electron chi connectivity index (χ1n) is 10.7. The highest BCUT2D eigenvalue weighted by atomic mass is 32.2. The van der Waals surface area contributed by atoms with Crippen LogP contribution in [0.4, 0.5) is 25.0 Å². The molecular weight excluding hydrogens is 460 g/mol. The molecular formula is C25H21F2N3O3S. The summed E-state index contributed by atoms with van der Waals surface area (Å²) in [6, 6.07) is 17.2. The minimum Gasteiger partial charge on any atom is -0.497 e. The fourth-order valence-corrected chi connectivity index (χ4v) is 5.88. The van der Waals surface area contributed by atoms with Crippen molar-refractivity contribution in [1.29, 1.82) is 0 Å². The van der Waals surface area contributed by atoms with Crippen molar-refractivity contribution in [2.75, 3.05) is 29.6 Å². The monoisotopic (exact) mass is 481 g/mol. The topological polar surface area (TPSA) is 61.9 Å². The summed E-state index contributed by atoms with van der Waals surface area (Å²) >= 11 is 1.32. The Morgan fingerprint density at radius 3 is 2.53 bits per heavy atom. The molecule has 0 radical (unpaired) electrons. The number of halogens is 2. The highest BCUT2D eigenvalue weighted by Crippen LogP contribution is 2.55. The first-order valence-corrected chi connectivity index (χ1v) is 11.7. The third-order valence-electron chi connectivity index (χ3n) is 6.05. The fraction of sp³-hybridized carbons (Fsp3) is 0.200. The summed E-state index contributed by atoms with van der Waals surface area (Å²) in [5.74, 6) is -0.861. The zero-order valence-electron chi connectivity index (χ0n) is 18.3. The Labute approximate surface area is 199 Å². The number of para-hydroxylation sites is 1. The highest BCUT2D eigenvalue weighted by Gasteiger charge is 2.59. The van der Waals surface area contributed by atoms with E-state index in [1.54, 1.807) is 42.5 Å². The van der Waals surface area contributed by atoms with Crippen molar-refractivity contribution in [3.8, 4) is 5.75 Å². The van der Waals surface area contributed by atoms with E-state index in [4.69, 9.17) is 4.74 Å². The van der Waals surface area contributed by atoms with Gasteiger partial charge in [-0.25, -0.2) is 13.6 Å². The van der Waals surface area contributed by atoms with Crippen LogP contribution in [0.3, 0.4) is 0 Å². The summed E-state index contributed by atoms with van der Waals surface area (Å²) in [5.41, 5.74) is 1.43. The zero-order valence-corrected chi connectivity index (χ0v) is 19.1. The molecule has 1 spiro atoms. The van der Waals surface area contributed by atoms with E-state index >= 15 is 0 Å². The van der Waals surface area contributed by atoms with Crippen LogP contribution in [0.25, 0.3) is 0 Å². The van der Waals surface area contributed by atoms with Crippen LogP contribution in [0, 0.1) is 11.6 Å². The van der Waals surface area contributed by atoms with E-state index in [1.165, 1.54) is 34.7 Å². The lowest BCUT2D eigenvalue weighted by atomic mass is 10.1.